The molecule has 0 unspecified atom stereocenters. The third-order valence-electron chi connectivity index (χ3n) is 1.97. The summed E-state index contributed by atoms with van der Waals surface area (Å²) < 4.78 is 17.8. The lowest BCUT2D eigenvalue weighted by Gasteiger charge is -2.05. The van der Waals surface area contributed by atoms with E-state index in [1.807, 2.05) is 0 Å². The van der Waals surface area contributed by atoms with Crippen molar-refractivity contribution >= 4 is 17.6 Å². The Morgan fingerprint density at radius 2 is 2.12 bits per heavy atom. The molecule has 86 valence electrons. The van der Waals surface area contributed by atoms with Gasteiger partial charge in [0.25, 0.3) is 0 Å². The number of hydrogen-bond donors (Lipinski definition) is 0. The second-order valence-electron chi connectivity index (χ2n) is 3.18. The SMILES string of the molecule is O=C(Oc1ccc(F)cc1Cl)c1ccccn1. The molecule has 2 aromatic rings. The van der Waals surface area contributed by atoms with Gasteiger partial charge in [0, 0.05) is 6.20 Å². The summed E-state index contributed by atoms with van der Waals surface area (Å²) in [6.07, 6.45) is 1.48. The number of halogens is 2. The Bertz CT molecular complexity index is 545. The second-order valence-corrected chi connectivity index (χ2v) is 3.59. The van der Waals surface area contributed by atoms with Crippen molar-refractivity contribution in [1.29, 1.82) is 0 Å². The number of rotatable bonds is 2. The molecule has 5 heteroatoms. The van der Waals surface area contributed by atoms with Crippen molar-refractivity contribution in [3.05, 3.63) is 59.1 Å². The molecule has 0 radical (unpaired) electrons. The minimum Gasteiger partial charge on any atom is -0.420 e. The summed E-state index contributed by atoms with van der Waals surface area (Å²) in [6.45, 7) is 0. The van der Waals surface area contributed by atoms with Crippen LogP contribution >= 0.6 is 11.6 Å². The number of nitrogens with zero attached hydrogens (tertiary/aromatic N) is 1. The standard InChI is InChI=1S/C12H7ClFNO2/c13-9-7-8(14)4-5-11(9)17-12(16)10-3-1-2-6-15-10/h1-7H. The summed E-state index contributed by atoms with van der Waals surface area (Å²) in [5.74, 6) is -1.03. The van der Waals surface area contributed by atoms with E-state index in [-0.39, 0.29) is 16.5 Å². The van der Waals surface area contributed by atoms with Gasteiger partial charge >= 0.3 is 5.97 Å². The van der Waals surface area contributed by atoms with Crippen LogP contribution in [0.25, 0.3) is 0 Å². The average molecular weight is 252 g/mol. The Morgan fingerprint density at radius 3 is 2.76 bits per heavy atom. The number of esters is 1. The highest BCUT2D eigenvalue weighted by molar-refractivity contribution is 6.32. The Balaban J connectivity index is 2.19. The monoisotopic (exact) mass is 251 g/mol. The fraction of sp³-hybridized carbons (Fsp3) is 0. The lowest BCUT2D eigenvalue weighted by Crippen LogP contribution is -2.10. The number of carbonyl (C=O) groups is 1. The van der Waals surface area contributed by atoms with Crippen LogP contribution in [0.4, 0.5) is 4.39 Å². The first-order valence-electron chi connectivity index (χ1n) is 4.75. The van der Waals surface area contributed by atoms with Crippen molar-refractivity contribution in [1.82, 2.24) is 4.98 Å². The van der Waals surface area contributed by atoms with Crippen molar-refractivity contribution in [2.45, 2.75) is 0 Å². The molecule has 0 aliphatic rings. The largest absolute Gasteiger partial charge is 0.420 e. The molecular weight excluding hydrogens is 245 g/mol. The van der Waals surface area contributed by atoms with Gasteiger partial charge in [-0.3, -0.25) is 0 Å². The van der Waals surface area contributed by atoms with Gasteiger partial charge in [0.15, 0.2) is 0 Å². The van der Waals surface area contributed by atoms with E-state index in [1.54, 1.807) is 12.1 Å². The van der Waals surface area contributed by atoms with E-state index in [0.29, 0.717) is 0 Å². The molecule has 1 aromatic heterocycles. The third-order valence-corrected chi connectivity index (χ3v) is 2.27. The van der Waals surface area contributed by atoms with Gasteiger partial charge in [-0.2, -0.15) is 0 Å². The van der Waals surface area contributed by atoms with Gasteiger partial charge in [0.05, 0.1) is 5.02 Å². The van der Waals surface area contributed by atoms with E-state index in [9.17, 15) is 9.18 Å². The number of pyridine rings is 1. The number of carbonyl (C=O) groups excluding carboxylic acids is 1. The van der Waals surface area contributed by atoms with Crippen LogP contribution in [-0.4, -0.2) is 11.0 Å². The maximum Gasteiger partial charge on any atom is 0.362 e. The number of hydrogen-bond acceptors (Lipinski definition) is 3. The van der Waals surface area contributed by atoms with Crippen LogP contribution < -0.4 is 4.74 Å². The summed E-state index contributed by atoms with van der Waals surface area (Å²) in [5.41, 5.74) is 0.160. The van der Waals surface area contributed by atoms with Crippen molar-refractivity contribution in [3.8, 4) is 5.75 Å². The zero-order valence-electron chi connectivity index (χ0n) is 8.56. The van der Waals surface area contributed by atoms with Gasteiger partial charge in [-0.15, -0.1) is 0 Å². The van der Waals surface area contributed by atoms with Gasteiger partial charge in [0.1, 0.15) is 17.3 Å². The van der Waals surface area contributed by atoms with Gasteiger partial charge in [-0.25, -0.2) is 14.2 Å². The first-order valence-corrected chi connectivity index (χ1v) is 5.13. The number of benzene rings is 1. The van der Waals surface area contributed by atoms with Crippen LogP contribution in [0.15, 0.2) is 42.6 Å². The first-order chi connectivity index (χ1) is 8.16. The van der Waals surface area contributed by atoms with Crippen molar-refractivity contribution in [2.75, 3.05) is 0 Å². The van der Waals surface area contributed by atoms with Crippen LogP contribution in [0.3, 0.4) is 0 Å². The minimum atomic E-state index is -0.640. The van der Waals surface area contributed by atoms with Gasteiger partial charge in [0.2, 0.25) is 0 Å². The van der Waals surface area contributed by atoms with E-state index in [1.165, 1.54) is 18.3 Å². The van der Waals surface area contributed by atoms with Gasteiger partial charge in [-0.05, 0) is 30.3 Å². The summed E-state index contributed by atoms with van der Waals surface area (Å²) >= 11 is 5.72. The Kier molecular flexibility index (Phi) is 3.35. The molecule has 0 fully saturated rings. The molecule has 0 N–H and O–H groups in total. The van der Waals surface area contributed by atoms with Crippen molar-refractivity contribution in [2.24, 2.45) is 0 Å². The van der Waals surface area contributed by atoms with E-state index in [4.69, 9.17) is 16.3 Å². The average Bonchev–Trinajstić information content (AvgIpc) is 2.34. The van der Waals surface area contributed by atoms with Crippen LogP contribution in [0.2, 0.25) is 5.02 Å². The molecule has 0 saturated heterocycles. The maximum absolute atomic E-state index is 12.8. The molecule has 3 nitrogen and oxygen atoms in total. The Morgan fingerprint density at radius 1 is 1.29 bits per heavy atom. The fourth-order valence-electron chi connectivity index (χ4n) is 1.19. The Hall–Kier alpha value is -1.94. The fourth-order valence-corrected chi connectivity index (χ4v) is 1.40. The van der Waals surface area contributed by atoms with Crippen LogP contribution in [0, 0.1) is 5.82 Å². The molecule has 17 heavy (non-hydrogen) atoms. The van der Waals surface area contributed by atoms with E-state index < -0.39 is 11.8 Å². The van der Waals surface area contributed by atoms with E-state index >= 15 is 0 Å². The van der Waals surface area contributed by atoms with Crippen LogP contribution in [0.1, 0.15) is 10.5 Å². The highest BCUT2D eigenvalue weighted by Crippen LogP contribution is 2.25. The smallest absolute Gasteiger partial charge is 0.362 e. The van der Waals surface area contributed by atoms with Crippen molar-refractivity contribution < 1.29 is 13.9 Å². The molecule has 2 rings (SSSR count). The summed E-state index contributed by atoms with van der Waals surface area (Å²) in [6, 6.07) is 8.38. The Labute approximate surface area is 102 Å². The van der Waals surface area contributed by atoms with Crippen LogP contribution in [-0.2, 0) is 0 Å². The summed E-state index contributed by atoms with van der Waals surface area (Å²) in [4.78, 5) is 15.4. The molecule has 1 heterocycles. The molecule has 1 aromatic carbocycles. The zero-order chi connectivity index (χ0) is 12.3. The topological polar surface area (TPSA) is 39.2 Å². The quantitative estimate of drug-likeness (QED) is 0.608. The predicted molar refractivity (Wildman–Crippen MR) is 60.6 cm³/mol. The summed E-state index contributed by atoms with van der Waals surface area (Å²) in [5, 5.41) is 0.0364. The van der Waals surface area contributed by atoms with Crippen LogP contribution in [0.5, 0.6) is 5.75 Å². The predicted octanol–water partition coefficient (Wildman–Crippen LogP) is 3.09. The molecule has 0 saturated carbocycles. The highest BCUT2D eigenvalue weighted by Gasteiger charge is 2.12. The van der Waals surface area contributed by atoms with Gasteiger partial charge < -0.3 is 4.74 Å². The third kappa shape index (κ3) is 2.79. The van der Waals surface area contributed by atoms with Gasteiger partial charge in [-0.1, -0.05) is 17.7 Å². The zero-order valence-corrected chi connectivity index (χ0v) is 9.32. The minimum absolute atomic E-state index is 0.0364. The lowest BCUT2D eigenvalue weighted by molar-refractivity contribution is 0.0728. The number of ether oxygens (including phenoxy) is 1. The molecule has 0 aliphatic carbocycles. The first kappa shape index (κ1) is 11.5. The van der Waals surface area contributed by atoms with E-state index in [0.717, 1.165) is 12.1 Å². The van der Waals surface area contributed by atoms with Crippen molar-refractivity contribution in [3.63, 3.8) is 0 Å². The lowest BCUT2D eigenvalue weighted by atomic mass is 10.3. The summed E-state index contributed by atoms with van der Waals surface area (Å²) in [7, 11) is 0. The van der Waals surface area contributed by atoms with E-state index in [2.05, 4.69) is 4.98 Å². The molecule has 0 spiro atoms. The highest BCUT2D eigenvalue weighted by atomic mass is 35.5. The maximum atomic E-state index is 12.8. The molecule has 0 amide bonds. The second kappa shape index (κ2) is 4.93. The molecule has 0 atom stereocenters. The molecule has 0 aliphatic heterocycles. The number of aromatic nitrogens is 1. The normalized spacial score (nSPS) is 10.0. The molecule has 0 bridgehead atoms. The molecular formula is C12H7ClFNO2.